The van der Waals surface area contributed by atoms with Crippen LogP contribution in [0.2, 0.25) is 0 Å². The first-order valence-corrected chi connectivity index (χ1v) is 6.32. The Labute approximate surface area is 109 Å². The molecule has 0 spiro atoms. The van der Waals surface area contributed by atoms with E-state index in [9.17, 15) is 0 Å². The number of rotatable bonds is 6. The van der Waals surface area contributed by atoms with Crippen LogP contribution < -0.4 is 10.1 Å². The van der Waals surface area contributed by atoms with Gasteiger partial charge in [0.25, 0.3) is 0 Å². The van der Waals surface area contributed by atoms with Crippen molar-refractivity contribution in [2.45, 2.75) is 17.5 Å². The number of halogens is 1. The van der Waals surface area contributed by atoms with Gasteiger partial charge in [-0.05, 0) is 6.92 Å². The Bertz CT molecular complexity index is 411. The van der Waals surface area contributed by atoms with Crippen LogP contribution in [0.15, 0.2) is 5.16 Å². The van der Waals surface area contributed by atoms with Crippen LogP contribution in [-0.2, 0) is 0 Å². The van der Waals surface area contributed by atoms with Gasteiger partial charge in [0.2, 0.25) is 5.95 Å². The smallest absolute Gasteiger partial charge is 0.321 e. The van der Waals surface area contributed by atoms with Gasteiger partial charge in [-0.1, -0.05) is 11.8 Å². The Morgan fingerprint density at radius 3 is 2.88 bits per heavy atom. The van der Waals surface area contributed by atoms with Crippen molar-refractivity contribution in [2.24, 2.45) is 0 Å². The number of nitrogens with zero attached hydrogens (tertiary/aromatic N) is 4. The van der Waals surface area contributed by atoms with Gasteiger partial charge in [-0.25, -0.2) is 0 Å². The number of hydrogen-bond acceptors (Lipinski definition) is 7. The Kier molecular flexibility index (Phi) is 5.80. The second-order valence-corrected chi connectivity index (χ2v) is 4.38. The quantitative estimate of drug-likeness (QED) is 0.621. The van der Waals surface area contributed by atoms with Crippen LogP contribution in [-0.4, -0.2) is 39.7 Å². The molecule has 1 aromatic heterocycles. The highest BCUT2D eigenvalue weighted by Gasteiger charge is 2.09. The Morgan fingerprint density at radius 1 is 1.53 bits per heavy atom. The third-order valence-electron chi connectivity index (χ3n) is 1.61. The molecule has 92 valence electrons. The summed E-state index contributed by atoms with van der Waals surface area (Å²) in [4.78, 5) is 12.2. The van der Waals surface area contributed by atoms with Gasteiger partial charge in [0, 0.05) is 12.3 Å². The predicted molar refractivity (Wildman–Crippen MR) is 66.5 cm³/mol. The van der Waals surface area contributed by atoms with Crippen molar-refractivity contribution in [3.8, 4) is 12.1 Å². The molecule has 1 aromatic rings. The number of hydrogen-bond donors (Lipinski definition) is 1. The minimum Gasteiger partial charge on any atom is -0.467 e. The molecular weight excluding hydrogens is 262 g/mol. The molecule has 0 fully saturated rings. The van der Waals surface area contributed by atoms with Crippen molar-refractivity contribution >= 4 is 29.3 Å². The maximum atomic E-state index is 8.57. The van der Waals surface area contributed by atoms with Gasteiger partial charge in [0.15, 0.2) is 5.16 Å². The van der Waals surface area contributed by atoms with Gasteiger partial charge < -0.3 is 10.1 Å². The fourth-order valence-corrected chi connectivity index (χ4v) is 1.77. The molecule has 6 nitrogen and oxygen atoms in total. The fraction of sp³-hybridized carbons (Fsp3) is 0.556. The zero-order valence-electron chi connectivity index (χ0n) is 9.47. The minimum atomic E-state index is -0.564. The molecule has 0 bridgehead atoms. The number of methoxy groups -OCH3 is 1. The lowest BCUT2D eigenvalue weighted by Gasteiger charge is -2.06. The minimum absolute atomic E-state index is 0.238. The molecule has 0 aliphatic heterocycles. The number of ether oxygens (including phenoxy) is 1. The summed E-state index contributed by atoms with van der Waals surface area (Å²) in [6, 6.07) is 2.17. The van der Waals surface area contributed by atoms with Crippen molar-refractivity contribution in [1.29, 1.82) is 5.26 Å². The van der Waals surface area contributed by atoms with Crippen LogP contribution in [0.5, 0.6) is 6.01 Å². The number of aromatic nitrogens is 3. The SMILES string of the molecule is CCNc1nc(OC)nc(SCC(Cl)C#N)n1. The van der Waals surface area contributed by atoms with Crippen molar-refractivity contribution in [1.82, 2.24) is 15.0 Å². The number of thioether (sulfide) groups is 1. The number of anilines is 1. The van der Waals surface area contributed by atoms with E-state index < -0.39 is 5.38 Å². The molecule has 1 atom stereocenters. The molecule has 0 amide bonds. The fourth-order valence-electron chi connectivity index (χ4n) is 0.916. The molecule has 0 saturated carbocycles. The summed E-state index contributed by atoms with van der Waals surface area (Å²) in [7, 11) is 1.49. The highest BCUT2D eigenvalue weighted by molar-refractivity contribution is 7.99. The van der Waals surface area contributed by atoms with Crippen LogP contribution in [0, 0.1) is 11.3 Å². The van der Waals surface area contributed by atoms with Crippen molar-refractivity contribution in [3.63, 3.8) is 0 Å². The van der Waals surface area contributed by atoms with E-state index in [0.29, 0.717) is 23.4 Å². The van der Waals surface area contributed by atoms with E-state index in [-0.39, 0.29) is 6.01 Å². The van der Waals surface area contributed by atoms with E-state index in [1.807, 2.05) is 13.0 Å². The molecule has 8 heteroatoms. The highest BCUT2D eigenvalue weighted by Crippen LogP contribution is 2.19. The van der Waals surface area contributed by atoms with E-state index in [2.05, 4.69) is 20.3 Å². The summed E-state index contributed by atoms with van der Waals surface area (Å²) >= 11 is 6.98. The molecule has 0 aliphatic carbocycles. The Balaban J connectivity index is 2.76. The van der Waals surface area contributed by atoms with Gasteiger partial charge in [0.1, 0.15) is 5.38 Å². The predicted octanol–water partition coefficient (Wildman–Crippen LogP) is 1.54. The van der Waals surface area contributed by atoms with E-state index >= 15 is 0 Å². The summed E-state index contributed by atoms with van der Waals surface area (Å²) < 4.78 is 4.96. The van der Waals surface area contributed by atoms with Gasteiger partial charge in [-0.2, -0.15) is 20.2 Å². The topological polar surface area (TPSA) is 83.7 Å². The van der Waals surface area contributed by atoms with Crippen LogP contribution in [0.3, 0.4) is 0 Å². The van der Waals surface area contributed by atoms with Gasteiger partial charge >= 0.3 is 6.01 Å². The monoisotopic (exact) mass is 273 g/mol. The van der Waals surface area contributed by atoms with Crippen LogP contribution in [0.1, 0.15) is 6.92 Å². The largest absolute Gasteiger partial charge is 0.467 e. The Morgan fingerprint density at radius 2 is 2.29 bits per heavy atom. The zero-order valence-corrected chi connectivity index (χ0v) is 11.0. The normalized spacial score (nSPS) is 11.6. The van der Waals surface area contributed by atoms with E-state index in [4.69, 9.17) is 21.6 Å². The van der Waals surface area contributed by atoms with E-state index in [1.54, 1.807) is 0 Å². The molecule has 0 aromatic carbocycles. The third-order valence-corrected chi connectivity index (χ3v) is 2.99. The number of nitriles is 1. The molecule has 0 aliphatic rings. The van der Waals surface area contributed by atoms with Crippen molar-refractivity contribution in [2.75, 3.05) is 24.7 Å². The van der Waals surface area contributed by atoms with E-state index in [1.165, 1.54) is 18.9 Å². The second-order valence-electron chi connectivity index (χ2n) is 2.87. The first kappa shape index (κ1) is 13.8. The maximum Gasteiger partial charge on any atom is 0.321 e. The zero-order chi connectivity index (χ0) is 12.7. The molecular formula is C9H12ClN5OS. The van der Waals surface area contributed by atoms with Gasteiger partial charge in [-0.3, -0.25) is 0 Å². The summed E-state index contributed by atoms with van der Waals surface area (Å²) in [5.41, 5.74) is 0. The highest BCUT2D eigenvalue weighted by atomic mass is 35.5. The summed E-state index contributed by atoms with van der Waals surface area (Å²) in [5, 5.41) is 11.5. The van der Waals surface area contributed by atoms with Gasteiger partial charge in [-0.15, -0.1) is 11.6 Å². The lowest BCUT2D eigenvalue weighted by molar-refractivity contribution is 0.373. The summed E-state index contributed by atoms with van der Waals surface area (Å²) in [6.45, 7) is 2.64. The molecule has 17 heavy (non-hydrogen) atoms. The molecule has 0 radical (unpaired) electrons. The molecule has 1 heterocycles. The maximum absolute atomic E-state index is 8.57. The standard InChI is InChI=1S/C9H12ClN5OS/c1-3-12-7-13-8(16-2)15-9(14-7)17-5-6(10)4-11/h6H,3,5H2,1-2H3,(H,12,13,14,15). The molecule has 1 unspecified atom stereocenters. The second kappa shape index (κ2) is 7.14. The average Bonchev–Trinajstić information content (AvgIpc) is 2.36. The van der Waals surface area contributed by atoms with Crippen molar-refractivity contribution in [3.05, 3.63) is 0 Å². The average molecular weight is 274 g/mol. The van der Waals surface area contributed by atoms with E-state index in [0.717, 1.165) is 0 Å². The number of nitrogens with one attached hydrogen (secondary N) is 1. The van der Waals surface area contributed by atoms with Gasteiger partial charge in [0.05, 0.1) is 13.2 Å². The van der Waals surface area contributed by atoms with Crippen LogP contribution >= 0.6 is 23.4 Å². The lowest BCUT2D eigenvalue weighted by Crippen LogP contribution is -2.07. The Hall–Kier alpha value is -1.26. The van der Waals surface area contributed by atoms with Crippen LogP contribution in [0.25, 0.3) is 0 Å². The first-order valence-electron chi connectivity index (χ1n) is 4.90. The van der Waals surface area contributed by atoms with Crippen molar-refractivity contribution < 1.29 is 4.74 Å². The summed E-state index contributed by atoms with van der Waals surface area (Å²) in [6.07, 6.45) is 0. The lowest BCUT2D eigenvalue weighted by atomic mass is 10.5. The first-order chi connectivity index (χ1) is 8.19. The molecule has 1 rings (SSSR count). The number of alkyl halides is 1. The summed E-state index contributed by atoms with van der Waals surface area (Å²) in [5.74, 6) is 0.862. The van der Waals surface area contributed by atoms with Crippen LogP contribution in [0.4, 0.5) is 5.95 Å². The molecule has 1 N–H and O–H groups in total. The third kappa shape index (κ3) is 4.63. The molecule has 0 saturated heterocycles.